The molecule has 0 saturated carbocycles. The first kappa shape index (κ1) is 14.5. The molecule has 16 heavy (non-hydrogen) atoms. The van der Waals surface area contributed by atoms with Gasteiger partial charge in [0.25, 0.3) is 0 Å². The minimum Gasteiger partial charge on any atom is -0.480 e. The van der Waals surface area contributed by atoms with Crippen molar-refractivity contribution in [1.82, 2.24) is 5.32 Å². The van der Waals surface area contributed by atoms with E-state index < -0.39 is 23.7 Å². The molecule has 0 rings (SSSR count). The van der Waals surface area contributed by atoms with E-state index in [-0.39, 0.29) is 5.92 Å². The zero-order valence-electron chi connectivity index (χ0n) is 10.1. The number of hydrogen-bond donors (Lipinski definition) is 2. The summed E-state index contributed by atoms with van der Waals surface area (Å²) >= 11 is 0. The van der Waals surface area contributed by atoms with Gasteiger partial charge in [0.15, 0.2) is 0 Å². The molecule has 0 heterocycles. The van der Waals surface area contributed by atoms with Crippen LogP contribution >= 0.6 is 0 Å². The van der Waals surface area contributed by atoms with Crippen molar-refractivity contribution >= 4 is 12.1 Å². The molecule has 0 spiro atoms. The second kappa shape index (κ2) is 5.53. The summed E-state index contributed by atoms with van der Waals surface area (Å²) in [6.07, 6.45) is 0.726. The number of hydrogen-bond acceptors (Lipinski definition) is 3. The number of alkyl carbamates (subject to hydrolysis) is 1. The Morgan fingerprint density at radius 2 is 1.94 bits per heavy atom. The molecule has 2 N–H and O–H groups in total. The number of carbonyl (C=O) groups excluding carboxylic acids is 1. The van der Waals surface area contributed by atoms with Gasteiger partial charge in [0.1, 0.15) is 11.6 Å². The predicted molar refractivity (Wildman–Crippen MR) is 60.2 cm³/mol. The first-order chi connectivity index (χ1) is 7.17. The molecule has 0 aromatic rings. The Bertz CT molecular complexity index is 280. The van der Waals surface area contributed by atoms with Crippen LogP contribution in [0.4, 0.5) is 4.79 Å². The van der Waals surface area contributed by atoms with Crippen molar-refractivity contribution in [1.29, 1.82) is 0 Å². The molecule has 5 nitrogen and oxygen atoms in total. The van der Waals surface area contributed by atoms with E-state index in [1.165, 1.54) is 6.08 Å². The van der Waals surface area contributed by atoms with Crippen molar-refractivity contribution in [2.45, 2.75) is 39.3 Å². The van der Waals surface area contributed by atoms with Crippen LogP contribution in [-0.4, -0.2) is 28.8 Å². The highest BCUT2D eigenvalue weighted by atomic mass is 16.6. The van der Waals surface area contributed by atoms with Crippen LogP contribution in [0.25, 0.3) is 0 Å². The molecular weight excluding hydrogens is 210 g/mol. The maximum atomic E-state index is 11.4. The van der Waals surface area contributed by atoms with Gasteiger partial charge in [-0.2, -0.15) is 0 Å². The van der Waals surface area contributed by atoms with E-state index in [1.54, 1.807) is 27.7 Å². The fraction of sp³-hybridized carbons (Fsp3) is 0.636. The zero-order chi connectivity index (χ0) is 12.9. The second-order valence-electron chi connectivity index (χ2n) is 4.56. The molecular formula is C11H19NO4. The van der Waals surface area contributed by atoms with Crippen molar-refractivity contribution in [3.8, 4) is 0 Å². The first-order valence-corrected chi connectivity index (χ1v) is 5.02. The van der Waals surface area contributed by atoms with Gasteiger partial charge in [0.2, 0.25) is 0 Å². The number of rotatable bonds is 4. The van der Waals surface area contributed by atoms with Crippen LogP contribution in [0, 0.1) is 5.92 Å². The van der Waals surface area contributed by atoms with Crippen molar-refractivity contribution in [2.24, 2.45) is 5.92 Å². The normalized spacial score (nSPS) is 14.8. The van der Waals surface area contributed by atoms with E-state index in [9.17, 15) is 9.59 Å². The van der Waals surface area contributed by atoms with Crippen molar-refractivity contribution < 1.29 is 19.4 Å². The summed E-state index contributed by atoms with van der Waals surface area (Å²) < 4.78 is 4.97. The molecule has 0 radical (unpaired) electrons. The largest absolute Gasteiger partial charge is 0.480 e. The molecule has 1 unspecified atom stereocenters. The second-order valence-corrected chi connectivity index (χ2v) is 4.56. The lowest BCUT2D eigenvalue weighted by Crippen LogP contribution is -2.46. The lowest BCUT2D eigenvalue weighted by molar-refractivity contribution is -0.140. The molecule has 0 aliphatic heterocycles. The van der Waals surface area contributed by atoms with E-state index in [1.807, 2.05) is 0 Å². The molecule has 0 saturated heterocycles. The van der Waals surface area contributed by atoms with Gasteiger partial charge in [-0.25, -0.2) is 9.59 Å². The summed E-state index contributed by atoms with van der Waals surface area (Å²) in [6, 6.07) is -1.02. The van der Waals surface area contributed by atoms with E-state index in [2.05, 4.69) is 11.9 Å². The molecule has 0 bridgehead atoms. The van der Waals surface area contributed by atoms with E-state index in [0.717, 1.165) is 0 Å². The minimum absolute atomic E-state index is 0.370. The summed E-state index contributed by atoms with van der Waals surface area (Å²) in [5.74, 6) is -1.48. The van der Waals surface area contributed by atoms with E-state index in [0.29, 0.717) is 0 Å². The van der Waals surface area contributed by atoms with Gasteiger partial charge in [-0.1, -0.05) is 13.0 Å². The van der Waals surface area contributed by atoms with Gasteiger partial charge >= 0.3 is 12.1 Å². The molecule has 0 fully saturated rings. The number of nitrogens with one attached hydrogen (secondary N) is 1. The fourth-order valence-electron chi connectivity index (χ4n) is 0.989. The van der Waals surface area contributed by atoms with Crippen LogP contribution in [-0.2, 0) is 9.53 Å². The van der Waals surface area contributed by atoms with Crippen LogP contribution in [0.1, 0.15) is 27.7 Å². The Balaban J connectivity index is 4.47. The smallest absolute Gasteiger partial charge is 0.408 e. The van der Waals surface area contributed by atoms with Crippen molar-refractivity contribution in [2.75, 3.05) is 0 Å². The maximum Gasteiger partial charge on any atom is 0.408 e. The Kier molecular flexibility index (Phi) is 5.01. The Hall–Kier alpha value is -1.52. The Morgan fingerprint density at radius 3 is 2.25 bits per heavy atom. The SMILES string of the molecule is C=C[C@H](C)C(NC(=O)OC(C)(C)C)C(=O)O. The van der Waals surface area contributed by atoms with Gasteiger partial charge in [0.05, 0.1) is 0 Å². The van der Waals surface area contributed by atoms with E-state index >= 15 is 0 Å². The molecule has 92 valence electrons. The number of carbonyl (C=O) groups is 2. The first-order valence-electron chi connectivity index (χ1n) is 5.02. The standard InChI is InChI=1S/C11H19NO4/c1-6-7(2)8(9(13)14)12-10(15)16-11(3,4)5/h6-8H,1H2,2-5H3,(H,12,15)(H,13,14)/t7-,8?/m0/s1. The van der Waals surface area contributed by atoms with Gasteiger partial charge < -0.3 is 15.2 Å². The Labute approximate surface area is 95.5 Å². The average molecular weight is 229 g/mol. The van der Waals surface area contributed by atoms with Crippen LogP contribution in [0.2, 0.25) is 0 Å². The van der Waals surface area contributed by atoms with Crippen LogP contribution in [0.3, 0.4) is 0 Å². The van der Waals surface area contributed by atoms with Crippen LogP contribution in [0.15, 0.2) is 12.7 Å². The lowest BCUT2D eigenvalue weighted by Gasteiger charge is -2.23. The summed E-state index contributed by atoms with van der Waals surface area (Å²) in [6.45, 7) is 10.3. The number of carboxylic acids is 1. The third kappa shape index (κ3) is 5.38. The van der Waals surface area contributed by atoms with Crippen LogP contribution < -0.4 is 5.32 Å². The highest BCUT2D eigenvalue weighted by Gasteiger charge is 2.27. The topological polar surface area (TPSA) is 75.6 Å². The molecule has 0 aliphatic rings. The van der Waals surface area contributed by atoms with Crippen LogP contribution in [0.5, 0.6) is 0 Å². The fourth-order valence-corrected chi connectivity index (χ4v) is 0.989. The number of amides is 1. The lowest BCUT2D eigenvalue weighted by atomic mass is 10.0. The van der Waals surface area contributed by atoms with Gasteiger partial charge in [-0.3, -0.25) is 0 Å². The van der Waals surface area contributed by atoms with Gasteiger partial charge in [-0.05, 0) is 20.8 Å². The molecule has 0 aliphatic carbocycles. The molecule has 0 aromatic carbocycles. The van der Waals surface area contributed by atoms with Gasteiger partial charge in [0, 0.05) is 5.92 Å². The highest BCUT2D eigenvalue weighted by Crippen LogP contribution is 2.09. The third-order valence-corrected chi connectivity index (χ3v) is 1.84. The molecule has 5 heteroatoms. The minimum atomic E-state index is -1.11. The van der Waals surface area contributed by atoms with E-state index in [4.69, 9.17) is 9.84 Å². The number of ether oxygens (including phenoxy) is 1. The quantitative estimate of drug-likeness (QED) is 0.720. The number of aliphatic carboxylic acids is 1. The molecule has 2 atom stereocenters. The van der Waals surface area contributed by atoms with Crippen molar-refractivity contribution in [3.63, 3.8) is 0 Å². The molecule has 1 amide bonds. The number of carboxylic acid groups (broad SMARTS) is 1. The van der Waals surface area contributed by atoms with Crippen molar-refractivity contribution in [3.05, 3.63) is 12.7 Å². The summed E-state index contributed by atoms with van der Waals surface area (Å²) in [4.78, 5) is 22.2. The molecule has 0 aromatic heterocycles. The average Bonchev–Trinajstić information content (AvgIpc) is 2.09. The summed E-state index contributed by atoms with van der Waals surface area (Å²) in [7, 11) is 0. The zero-order valence-corrected chi connectivity index (χ0v) is 10.1. The van der Waals surface area contributed by atoms with Gasteiger partial charge in [-0.15, -0.1) is 6.58 Å². The predicted octanol–water partition coefficient (Wildman–Crippen LogP) is 1.79. The Morgan fingerprint density at radius 1 is 1.44 bits per heavy atom. The summed E-state index contributed by atoms with van der Waals surface area (Å²) in [5.41, 5.74) is -0.648. The highest BCUT2D eigenvalue weighted by molar-refractivity contribution is 5.80. The third-order valence-electron chi connectivity index (χ3n) is 1.84. The summed E-state index contributed by atoms with van der Waals surface area (Å²) in [5, 5.41) is 11.2. The monoisotopic (exact) mass is 229 g/mol. The maximum absolute atomic E-state index is 11.4.